The molecule has 2 amide bonds. The smallest absolute Gasteiger partial charge is 0.416 e. The van der Waals surface area contributed by atoms with Crippen LogP contribution in [0.3, 0.4) is 0 Å². The number of rotatable bonds is 12. The van der Waals surface area contributed by atoms with Crippen molar-refractivity contribution in [3.8, 4) is 11.5 Å². The Hall–Kier alpha value is -5.85. The van der Waals surface area contributed by atoms with Crippen LogP contribution in [0.15, 0.2) is 91.0 Å². The molecular formula is C37H34F3N3O7. The molecule has 10 nitrogen and oxygen atoms in total. The molecule has 1 aliphatic rings. The summed E-state index contributed by atoms with van der Waals surface area (Å²) < 4.78 is 51.1. The van der Waals surface area contributed by atoms with Gasteiger partial charge in [0.2, 0.25) is 5.91 Å². The van der Waals surface area contributed by atoms with Gasteiger partial charge in [0.1, 0.15) is 18.0 Å². The summed E-state index contributed by atoms with van der Waals surface area (Å²) >= 11 is 0. The maximum Gasteiger partial charge on any atom is 0.416 e. The number of esters is 1. The van der Waals surface area contributed by atoms with Crippen LogP contribution in [0.25, 0.3) is 0 Å². The zero-order chi connectivity index (χ0) is 35.8. The highest BCUT2D eigenvalue weighted by molar-refractivity contribution is 5.98. The molecule has 13 heteroatoms. The van der Waals surface area contributed by atoms with Crippen molar-refractivity contribution in [1.29, 1.82) is 0 Å². The summed E-state index contributed by atoms with van der Waals surface area (Å²) in [5, 5.41) is 12.0. The first-order valence-corrected chi connectivity index (χ1v) is 15.7. The van der Waals surface area contributed by atoms with Gasteiger partial charge in [-0.2, -0.15) is 13.2 Å². The molecule has 0 saturated carbocycles. The van der Waals surface area contributed by atoms with Crippen LogP contribution in [0.1, 0.15) is 50.2 Å². The van der Waals surface area contributed by atoms with Crippen LogP contribution < -0.4 is 19.7 Å². The molecule has 0 unspecified atom stereocenters. The number of amides is 2. The molecule has 50 heavy (non-hydrogen) atoms. The zero-order valence-electron chi connectivity index (χ0n) is 27.0. The number of halogens is 3. The largest absolute Gasteiger partial charge is 0.497 e. The van der Waals surface area contributed by atoms with Crippen molar-refractivity contribution >= 4 is 35.1 Å². The van der Waals surface area contributed by atoms with E-state index in [0.717, 1.165) is 42.6 Å². The lowest BCUT2D eigenvalue weighted by Crippen LogP contribution is -2.35. The van der Waals surface area contributed by atoms with Gasteiger partial charge in [0.25, 0.3) is 5.91 Å². The van der Waals surface area contributed by atoms with E-state index < -0.39 is 48.5 Å². The Bertz CT molecular complexity index is 1860. The number of hydrogen-bond donors (Lipinski definition) is 2. The summed E-state index contributed by atoms with van der Waals surface area (Å²) in [5.41, 5.74) is 0.986. The average Bonchev–Trinajstić information content (AvgIpc) is 3.63. The van der Waals surface area contributed by atoms with Crippen LogP contribution in [-0.2, 0) is 28.7 Å². The predicted octanol–water partition coefficient (Wildman–Crippen LogP) is 6.44. The van der Waals surface area contributed by atoms with Gasteiger partial charge in [-0.15, -0.1) is 0 Å². The van der Waals surface area contributed by atoms with Crippen molar-refractivity contribution in [1.82, 2.24) is 4.90 Å². The molecule has 2 N–H and O–H groups in total. The molecule has 260 valence electrons. The van der Waals surface area contributed by atoms with Gasteiger partial charge in [0.05, 0.1) is 30.3 Å². The fourth-order valence-electron chi connectivity index (χ4n) is 5.65. The molecule has 1 saturated heterocycles. The molecule has 0 aliphatic carbocycles. The second-order valence-corrected chi connectivity index (χ2v) is 11.6. The molecular weight excluding hydrogens is 655 g/mol. The number of nitrogens with one attached hydrogen (secondary N) is 1. The predicted molar refractivity (Wildman–Crippen MR) is 178 cm³/mol. The maximum absolute atomic E-state index is 13.5. The SMILES string of the molecule is COc1ccc(CC(=O)Nc2ccc(C(=O)N(CC(=O)O)Cc3ccc(OC(=O)c4ccccc4N4CCCC4)cc3)cc2)c(C(F)(F)F)c1. The van der Waals surface area contributed by atoms with E-state index in [1.165, 1.54) is 43.5 Å². The first-order valence-electron chi connectivity index (χ1n) is 15.7. The normalized spacial score (nSPS) is 12.7. The van der Waals surface area contributed by atoms with Crippen LogP contribution in [0, 0.1) is 0 Å². The molecule has 0 spiro atoms. The van der Waals surface area contributed by atoms with Crippen LogP contribution in [0.2, 0.25) is 0 Å². The minimum Gasteiger partial charge on any atom is -0.497 e. The minimum absolute atomic E-state index is 0.00583. The molecule has 0 radical (unpaired) electrons. The second kappa shape index (κ2) is 15.6. The quantitative estimate of drug-likeness (QED) is 0.129. The molecule has 1 fully saturated rings. The van der Waals surface area contributed by atoms with Gasteiger partial charge in [-0.3, -0.25) is 14.4 Å². The Kier molecular flexibility index (Phi) is 11.0. The van der Waals surface area contributed by atoms with Gasteiger partial charge in [-0.05, 0) is 84.6 Å². The van der Waals surface area contributed by atoms with Crippen LogP contribution >= 0.6 is 0 Å². The van der Waals surface area contributed by atoms with Gasteiger partial charge < -0.3 is 29.7 Å². The number of carboxylic acid groups (broad SMARTS) is 1. The number of aliphatic carboxylic acids is 1. The number of para-hydroxylation sites is 1. The summed E-state index contributed by atoms with van der Waals surface area (Å²) in [6.45, 7) is 1.06. The first kappa shape index (κ1) is 35.5. The van der Waals surface area contributed by atoms with Crippen LogP contribution in [-0.4, -0.2) is 60.5 Å². The van der Waals surface area contributed by atoms with Crippen molar-refractivity contribution in [3.63, 3.8) is 0 Å². The number of hydrogen-bond acceptors (Lipinski definition) is 7. The standard InChI is InChI=1S/C37H34F3N3O7/c1-49-29-17-12-26(31(21-29)37(38,39)40)20-33(44)41-27-13-10-25(11-14-27)35(47)43(23-34(45)46)22-24-8-15-28(16-9-24)50-36(48)30-6-2-3-7-32(30)42-18-4-5-19-42/h2-3,6-17,21H,4-5,18-20,22-23H2,1H3,(H,41,44)(H,45,46). The monoisotopic (exact) mass is 689 g/mol. The number of benzene rings is 4. The highest BCUT2D eigenvalue weighted by atomic mass is 19.4. The van der Waals surface area contributed by atoms with Crippen molar-refractivity contribution in [2.24, 2.45) is 0 Å². The number of carbonyl (C=O) groups is 4. The van der Waals surface area contributed by atoms with Gasteiger partial charge in [0, 0.05) is 30.9 Å². The summed E-state index contributed by atoms with van der Waals surface area (Å²) in [6, 6.07) is 22.5. The summed E-state index contributed by atoms with van der Waals surface area (Å²) in [6.07, 6.45) is -3.14. The Balaban J connectivity index is 1.21. The van der Waals surface area contributed by atoms with E-state index in [0.29, 0.717) is 11.1 Å². The third-order valence-corrected chi connectivity index (χ3v) is 8.08. The topological polar surface area (TPSA) is 125 Å². The minimum atomic E-state index is -4.69. The first-order chi connectivity index (χ1) is 23.9. The lowest BCUT2D eigenvalue weighted by molar-refractivity contribution is -0.139. The van der Waals surface area contributed by atoms with E-state index in [1.807, 2.05) is 12.1 Å². The lowest BCUT2D eigenvalue weighted by atomic mass is 10.0. The number of nitrogens with zero attached hydrogens (tertiary/aromatic N) is 2. The van der Waals surface area contributed by atoms with Crippen molar-refractivity contribution in [2.45, 2.75) is 32.0 Å². The van der Waals surface area contributed by atoms with E-state index >= 15 is 0 Å². The highest BCUT2D eigenvalue weighted by Gasteiger charge is 2.34. The molecule has 4 aromatic carbocycles. The number of carboxylic acids is 1. The average molecular weight is 690 g/mol. The van der Waals surface area contributed by atoms with Gasteiger partial charge in [0.15, 0.2) is 0 Å². The molecule has 0 bridgehead atoms. The van der Waals surface area contributed by atoms with E-state index in [4.69, 9.17) is 9.47 Å². The number of anilines is 2. The molecule has 5 rings (SSSR count). The highest BCUT2D eigenvalue weighted by Crippen LogP contribution is 2.35. The molecule has 4 aromatic rings. The van der Waals surface area contributed by atoms with E-state index in [2.05, 4.69) is 10.2 Å². The van der Waals surface area contributed by atoms with Crippen molar-refractivity contribution in [3.05, 3.63) is 119 Å². The number of methoxy groups -OCH3 is 1. The molecule has 1 heterocycles. The van der Waals surface area contributed by atoms with Crippen molar-refractivity contribution in [2.75, 3.05) is 37.0 Å². The Morgan fingerprint density at radius 2 is 1.54 bits per heavy atom. The zero-order valence-corrected chi connectivity index (χ0v) is 27.0. The fourth-order valence-corrected chi connectivity index (χ4v) is 5.65. The maximum atomic E-state index is 13.5. The van der Waals surface area contributed by atoms with E-state index in [-0.39, 0.29) is 34.9 Å². The van der Waals surface area contributed by atoms with E-state index in [1.54, 1.807) is 36.4 Å². The lowest BCUT2D eigenvalue weighted by Gasteiger charge is -2.21. The van der Waals surface area contributed by atoms with Crippen molar-refractivity contribution < 1.29 is 46.9 Å². The molecule has 0 atom stereocenters. The fraction of sp³-hybridized carbons (Fsp3) is 0.243. The van der Waals surface area contributed by atoms with Crippen LogP contribution in [0.4, 0.5) is 24.5 Å². The number of ether oxygens (including phenoxy) is 2. The molecule has 1 aliphatic heterocycles. The Labute approximate surface area is 286 Å². The Morgan fingerprint density at radius 3 is 2.18 bits per heavy atom. The second-order valence-electron chi connectivity index (χ2n) is 11.6. The summed E-state index contributed by atoms with van der Waals surface area (Å²) in [7, 11) is 1.24. The van der Waals surface area contributed by atoms with Crippen LogP contribution in [0.5, 0.6) is 11.5 Å². The number of alkyl halides is 3. The van der Waals surface area contributed by atoms with E-state index in [9.17, 15) is 37.5 Å². The van der Waals surface area contributed by atoms with Gasteiger partial charge in [-0.25, -0.2) is 4.79 Å². The van der Waals surface area contributed by atoms with Gasteiger partial charge >= 0.3 is 18.1 Å². The number of carbonyl (C=O) groups excluding carboxylic acids is 3. The third-order valence-electron chi connectivity index (χ3n) is 8.08. The molecule has 0 aromatic heterocycles. The Morgan fingerprint density at radius 1 is 0.880 bits per heavy atom. The van der Waals surface area contributed by atoms with Gasteiger partial charge in [-0.1, -0.05) is 30.3 Å². The third kappa shape index (κ3) is 8.98. The summed E-state index contributed by atoms with van der Waals surface area (Å²) in [5.74, 6) is -2.77. The summed E-state index contributed by atoms with van der Waals surface area (Å²) in [4.78, 5) is 53.9.